The Balaban J connectivity index is 1.37. The van der Waals surface area contributed by atoms with Gasteiger partial charge < -0.3 is 14.7 Å². The van der Waals surface area contributed by atoms with E-state index in [1.54, 1.807) is 55.1 Å². The third kappa shape index (κ3) is 5.77. The van der Waals surface area contributed by atoms with Gasteiger partial charge in [-0.15, -0.1) is 0 Å². The summed E-state index contributed by atoms with van der Waals surface area (Å²) in [6.45, 7) is 5.89. The third-order valence-electron chi connectivity index (χ3n) is 5.74. The molecule has 1 aliphatic carbocycles. The smallest absolute Gasteiger partial charge is 0.258 e. The zero-order valence-electron chi connectivity index (χ0n) is 19.9. The molecule has 9 nitrogen and oxygen atoms in total. The number of sulfonamides is 1. The molecule has 3 aromatic rings. The Morgan fingerprint density at radius 3 is 2.26 bits per heavy atom. The van der Waals surface area contributed by atoms with Crippen molar-refractivity contribution in [1.82, 2.24) is 9.88 Å². The molecule has 1 aromatic heterocycles. The van der Waals surface area contributed by atoms with Crippen molar-refractivity contribution in [3.8, 4) is 0 Å². The fraction of sp³-hybridized carbons (Fsp3) is 0.320. The fourth-order valence-corrected chi connectivity index (χ4v) is 5.09. The van der Waals surface area contributed by atoms with Crippen LogP contribution in [-0.4, -0.2) is 38.0 Å². The van der Waals surface area contributed by atoms with Gasteiger partial charge in [-0.1, -0.05) is 17.3 Å². The molecule has 184 valence electrons. The largest absolute Gasteiger partial charge is 0.359 e. The topological polar surface area (TPSA) is 122 Å². The second-order valence-electron chi connectivity index (χ2n) is 8.56. The second kappa shape index (κ2) is 10.0. The van der Waals surface area contributed by atoms with Gasteiger partial charge in [0.2, 0.25) is 15.9 Å². The summed E-state index contributed by atoms with van der Waals surface area (Å²) in [5.74, 6) is 0.138. The molecule has 0 spiro atoms. The molecule has 35 heavy (non-hydrogen) atoms. The predicted octanol–water partition coefficient (Wildman–Crippen LogP) is 3.58. The minimum Gasteiger partial charge on any atom is -0.359 e. The first-order valence-electron chi connectivity index (χ1n) is 11.4. The van der Waals surface area contributed by atoms with Crippen molar-refractivity contribution in [3.05, 3.63) is 71.1 Å². The number of hydrogen-bond acceptors (Lipinski definition) is 6. The van der Waals surface area contributed by atoms with Crippen LogP contribution in [0.2, 0.25) is 0 Å². The Morgan fingerprint density at radius 2 is 1.71 bits per heavy atom. The molecule has 0 unspecified atom stereocenters. The first kappa shape index (κ1) is 24.6. The maximum Gasteiger partial charge on any atom is 0.258 e. The van der Waals surface area contributed by atoms with Gasteiger partial charge in [0.05, 0.1) is 11.3 Å². The van der Waals surface area contributed by atoms with Crippen molar-refractivity contribution in [2.45, 2.75) is 51.0 Å². The van der Waals surface area contributed by atoms with Crippen molar-refractivity contribution in [1.29, 1.82) is 0 Å². The number of amides is 2. The number of anilines is 2. The van der Waals surface area contributed by atoms with Gasteiger partial charge in [-0.05, 0) is 75.6 Å². The molecule has 10 heteroatoms. The van der Waals surface area contributed by atoms with Gasteiger partial charge in [0.25, 0.3) is 5.91 Å². The molecule has 4 rings (SSSR count). The van der Waals surface area contributed by atoms with Gasteiger partial charge in [0.15, 0.2) is 5.76 Å². The predicted molar refractivity (Wildman–Crippen MR) is 132 cm³/mol. The minimum absolute atomic E-state index is 0.0353. The monoisotopic (exact) mass is 496 g/mol. The van der Waals surface area contributed by atoms with Crippen molar-refractivity contribution in [2.24, 2.45) is 0 Å². The lowest BCUT2D eigenvalue weighted by molar-refractivity contribution is -0.115. The average Bonchev–Trinajstić information content (AvgIpc) is 3.58. The first-order valence-corrected chi connectivity index (χ1v) is 12.9. The fourth-order valence-electron chi connectivity index (χ4n) is 3.78. The lowest BCUT2D eigenvalue weighted by Crippen LogP contribution is -2.31. The summed E-state index contributed by atoms with van der Waals surface area (Å²) < 4.78 is 32.4. The van der Waals surface area contributed by atoms with Crippen LogP contribution in [-0.2, 0) is 21.2 Å². The summed E-state index contributed by atoms with van der Waals surface area (Å²) in [4.78, 5) is 27.3. The van der Waals surface area contributed by atoms with E-state index in [9.17, 15) is 18.0 Å². The van der Waals surface area contributed by atoms with Crippen LogP contribution in [0.25, 0.3) is 0 Å². The summed E-state index contributed by atoms with van der Waals surface area (Å²) in [5, 5.41) is 6.73. The Labute approximate surface area is 204 Å². The Morgan fingerprint density at radius 1 is 1.06 bits per heavy atom. The van der Waals surface area contributed by atoms with Gasteiger partial charge in [-0.2, -0.15) is 0 Å². The van der Waals surface area contributed by atoms with Crippen molar-refractivity contribution < 1.29 is 22.5 Å². The van der Waals surface area contributed by atoms with Crippen LogP contribution in [0.15, 0.2) is 57.9 Å². The van der Waals surface area contributed by atoms with Crippen LogP contribution < -0.4 is 14.9 Å². The van der Waals surface area contributed by atoms with E-state index in [0.717, 1.165) is 12.8 Å². The molecule has 1 heterocycles. The van der Waals surface area contributed by atoms with Crippen LogP contribution >= 0.6 is 0 Å². The van der Waals surface area contributed by atoms with Crippen molar-refractivity contribution in [3.63, 3.8) is 0 Å². The SMILES string of the molecule is CCN(C(=O)c1ccc(NC(=O)Cc2ccc(S(=O)(=O)NC3CC3)cc2)cc1)c1c(C)noc1C. The molecule has 0 saturated heterocycles. The molecular formula is C25H28N4O5S. The van der Waals surface area contributed by atoms with E-state index in [4.69, 9.17) is 4.52 Å². The zero-order chi connectivity index (χ0) is 25.2. The van der Waals surface area contributed by atoms with Gasteiger partial charge >= 0.3 is 0 Å². The summed E-state index contributed by atoms with van der Waals surface area (Å²) in [6, 6.07) is 13.0. The van der Waals surface area contributed by atoms with Crippen molar-refractivity contribution >= 4 is 33.2 Å². The van der Waals surface area contributed by atoms with E-state index < -0.39 is 10.0 Å². The standard InChI is InChI=1S/C25H28N4O5S/c1-4-29(24-16(2)27-34-17(24)3)25(31)19-7-9-20(10-8-19)26-23(30)15-18-5-13-22(14-6-18)35(32,33)28-21-11-12-21/h5-10,13-14,21,28H,4,11-12,15H2,1-3H3,(H,26,30). The maximum absolute atomic E-state index is 13.0. The molecule has 2 N–H and O–H groups in total. The number of rotatable bonds is 9. The van der Waals surface area contributed by atoms with E-state index >= 15 is 0 Å². The normalized spacial score (nSPS) is 13.5. The van der Waals surface area contributed by atoms with Crippen molar-refractivity contribution in [2.75, 3.05) is 16.8 Å². The molecule has 0 radical (unpaired) electrons. The highest BCUT2D eigenvalue weighted by Crippen LogP contribution is 2.26. The number of carbonyl (C=O) groups excluding carboxylic acids is 2. The highest BCUT2D eigenvalue weighted by molar-refractivity contribution is 7.89. The number of benzene rings is 2. The van der Waals surface area contributed by atoms with E-state index in [2.05, 4.69) is 15.2 Å². The summed E-state index contributed by atoms with van der Waals surface area (Å²) in [7, 11) is -3.52. The Kier molecular flexibility index (Phi) is 7.04. The number of carbonyl (C=O) groups is 2. The highest BCUT2D eigenvalue weighted by Gasteiger charge is 2.28. The summed E-state index contributed by atoms with van der Waals surface area (Å²) in [6.07, 6.45) is 1.82. The molecule has 2 amide bonds. The van der Waals surface area contributed by atoms with E-state index in [1.165, 1.54) is 12.1 Å². The van der Waals surface area contributed by atoms with Crippen LogP contribution in [0.4, 0.5) is 11.4 Å². The third-order valence-corrected chi connectivity index (χ3v) is 7.28. The number of aromatic nitrogens is 1. The van der Waals surface area contributed by atoms with E-state index in [-0.39, 0.29) is 29.2 Å². The van der Waals surface area contributed by atoms with Gasteiger partial charge in [-0.25, -0.2) is 13.1 Å². The molecule has 0 aliphatic heterocycles. The number of aryl methyl sites for hydroxylation is 2. The molecule has 1 fully saturated rings. The van der Waals surface area contributed by atoms with Crippen LogP contribution in [0.5, 0.6) is 0 Å². The van der Waals surface area contributed by atoms with E-state index in [0.29, 0.717) is 40.5 Å². The van der Waals surface area contributed by atoms with E-state index in [1.807, 2.05) is 6.92 Å². The average molecular weight is 497 g/mol. The zero-order valence-corrected chi connectivity index (χ0v) is 20.7. The second-order valence-corrected chi connectivity index (χ2v) is 10.3. The number of hydrogen-bond donors (Lipinski definition) is 2. The van der Waals surface area contributed by atoms with Gasteiger partial charge in [-0.3, -0.25) is 9.59 Å². The quantitative estimate of drug-likeness (QED) is 0.467. The molecule has 1 aliphatic rings. The molecule has 2 aromatic carbocycles. The van der Waals surface area contributed by atoms with Gasteiger partial charge in [0, 0.05) is 23.8 Å². The van der Waals surface area contributed by atoms with Crippen LogP contribution in [0, 0.1) is 13.8 Å². The lowest BCUT2D eigenvalue weighted by atomic mass is 10.1. The Bertz CT molecular complexity index is 1310. The maximum atomic E-state index is 13.0. The number of nitrogens with one attached hydrogen (secondary N) is 2. The first-order chi connectivity index (χ1) is 16.7. The van der Waals surface area contributed by atoms with Crippen LogP contribution in [0.1, 0.15) is 47.1 Å². The number of nitrogens with zero attached hydrogens (tertiary/aromatic N) is 2. The minimum atomic E-state index is -3.52. The highest BCUT2D eigenvalue weighted by atomic mass is 32.2. The molecule has 0 atom stereocenters. The lowest BCUT2D eigenvalue weighted by Gasteiger charge is -2.20. The Hall–Kier alpha value is -3.50. The van der Waals surface area contributed by atoms with Gasteiger partial charge in [0.1, 0.15) is 11.4 Å². The molecule has 0 bridgehead atoms. The molecular weight excluding hydrogens is 468 g/mol. The molecule has 1 saturated carbocycles. The van der Waals surface area contributed by atoms with Crippen LogP contribution in [0.3, 0.4) is 0 Å². The summed E-state index contributed by atoms with van der Waals surface area (Å²) >= 11 is 0. The summed E-state index contributed by atoms with van der Waals surface area (Å²) in [5.41, 5.74) is 3.03.